The van der Waals surface area contributed by atoms with Gasteiger partial charge >= 0.3 is 17.1 Å². The maximum absolute atomic E-state index is 11.1. The van der Waals surface area contributed by atoms with Crippen molar-refractivity contribution in [2.24, 2.45) is 20.4 Å². The Hall–Kier alpha value is -2.07. The van der Waals surface area contributed by atoms with Crippen LogP contribution < -0.4 is 16.0 Å². The van der Waals surface area contributed by atoms with Gasteiger partial charge < -0.3 is 41.2 Å². The molecule has 0 saturated heterocycles. The molecule has 0 saturated carbocycles. The second-order valence-corrected chi connectivity index (χ2v) is 5.48. The van der Waals surface area contributed by atoms with Gasteiger partial charge in [-0.05, 0) is 29.4 Å². The van der Waals surface area contributed by atoms with Crippen LogP contribution >= 0.6 is 0 Å². The van der Waals surface area contributed by atoms with E-state index >= 15 is 0 Å². The van der Waals surface area contributed by atoms with Crippen molar-refractivity contribution in [3.05, 3.63) is 29.8 Å². The van der Waals surface area contributed by atoms with E-state index in [1.807, 2.05) is 0 Å². The molecule has 0 aliphatic heterocycles. The summed E-state index contributed by atoms with van der Waals surface area (Å²) >= 11 is 9.92. The van der Waals surface area contributed by atoms with Gasteiger partial charge in [-0.3, -0.25) is 4.79 Å². The van der Waals surface area contributed by atoms with E-state index in [0.717, 1.165) is 5.56 Å². The zero-order chi connectivity index (χ0) is 18.8. The monoisotopic (exact) mass is 440 g/mol. The van der Waals surface area contributed by atoms with E-state index in [1.165, 1.54) is 6.92 Å². The first-order valence-electron chi connectivity index (χ1n) is 7.23. The van der Waals surface area contributed by atoms with Crippen molar-refractivity contribution in [1.29, 1.82) is 0 Å². The minimum absolute atomic E-state index is 0. The van der Waals surface area contributed by atoms with Crippen molar-refractivity contribution in [1.82, 2.24) is 10.6 Å². The Labute approximate surface area is 174 Å². The Bertz CT molecular complexity index is 730. The Morgan fingerprint density at radius 3 is 1.85 bits per heavy atom. The summed E-state index contributed by atoms with van der Waals surface area (Å²) < 4.78 is 0. The van der Waals surface area contributed by atoms with Crippen LogP contribution in [0.1, 0.15) is 19.4 Å². The molecule has 0 unspecified atom stereocenters. The zero-order valence-electron chi connectivity index (χ0n) is 14.6. The van der Waals surface area contributed by atoms with Gasteiger partial charge in [0, 0.05) is 32.3 Å². The molecule has 1 radical (unpaired) electrons. The number of anilines is 1. The molecule has 0 atom stereocenters. The van der Waals surface area contributed by atoms with E-state index < -0.39 is 0 Å². The minimum Gasteiger partial charge on any atom is -0.741 e. The number of hydrogen-bond acceptors (Lipinski definition) is 7. The van der Waals surface area contributed by atoms with Crippen molar-refractivity contribution >= 4 is 58.6 Å². The third-order valence-electron chi connectivity index (χ3n) is 2.78. The van der Waals surface area contributed by atoms with Gasteiger partial charge in [-0.15, -0.1) is 5.10 Å². The minimum atomic E-state index is -0.145. The van der Waals surface area contributed by atoms with Crippen LogP contribution in [0, 0.1) is 0 Å². The average Bonchev–Trinajstić information content (AvgIpc) is 2.60. The van der Waals surface area contributed by atoms with Crippen LogP contribution in [0.5, 0.6) is 0 Å². The molecule has 0 aliphatic carbocycles. The van der Waals surface area contributed by atoms with E-state index in [2.05, 4.69) is 36.4 Å². The summed E-state index contributed by atoms with van der Waals surface area (Å²) in [6, 6.07) is 7.09. The van der Waals surface area contributed by atoms with Gasteiger partial charge in [0.1, 0.15) is 5.71 Å². The number of carbonyl (C=O) groups is 1. The summed E-state index contributed by atoms with van der Waals surface area (Å²) in [6.45, 7) is 3.18. The second-order valence-electron chi connectivity index (χ2n) is 4.70. The van der Waals surface area contributed by atoms with Gasteiger partial charge in [-0.25, -0.2) is 0 Å². The van der Waals surface area contributed by atoms with E-state index in [1.54, 1.807) is 45.3 Å². The second kappa shape index (κ2) is 12.3. The molecule has 1 aromatic rings. The number of amides is 1. The molecule has 3 N–H and O–H groups in total. The summed E-state index contributed by atoms with van der Waals surface area (Å²) in [6.07, 6.45) is 0. The molecule has 11 heteroatoms. The molecule has 0 fully saturated rings. The van der Waals surface area contributed by atoms with Crippen LogP contribution in [0.15, 0.2) is 44.7 Å². The fraction of sp³-hybridized carbons (Fsp3) is 0.267. The first-order valence-corrected chi connectivity index (χ1v) is 8.04. The van der Waals surface area contributed by atoms with Crippen LogP contribution in [-0.2, 0) is 47.1 Å². The molecule has 8 nitrogen and oxygen atoms in total. The fourth-order valence-corrected chi connectivity index (χ4v) is 1.70. The Balaban J connectivity index is 0.00000625. The molecular weight excluding hydrogens is 422 g/mol. The standard InChI is InChI=1S/C15H21N7OS2.Cu/c1-9(19-21-14(24)16-3)13(20-22-15(25)17-4)11-5-7-12(8-6-11)18-10(2)23;/h5-8H,1-4H3,(H,18,23)(H2,16,21,24)(H2,17,22,25);/q;+2/p-2. The summed E-state index contributed by atoms with van der Waals surface area (Å²) in [5, 5.41) is 24.6. The molecule has 1 amide bonds. The van der Waals surface area contributed by atoms with E-state index in [9.17, 15) is 4.79 Å². The number of benzene rings is 1. The number of rotatable bonds is 5. The van der Waals surface area contributed by atoms with Crippen molar-refractivity contribution in [3.63, 3.8) is 0 Å². The van der Waals surface area contributed by atoms with Crippen molar-refractivity contribution in [2.75, 3.05) is 19.4 Å². The van der Waals surface area contributed by atoms with Gasteiger partial charge in [0.2, 0.25) is 5.91 Å². The maximum atomic E-state index is 11.1. The predicted octanol–water partition coefficient (Wildman–Crippen LogP) is 0.967. The Kier molecular flexibility index (Phi) is 11.3. The quantitative estimate of drug-likeness (QED) is 0.208. The number of hydrogen-bond donors (Lipinski definition) is 3. The van der Waals surface area contributed by atoms with Crippen LogP contribution in [-0.4, -0.2) is 41.8 Å². The Morgan fingerprint density at radius 1 is 0.885 bits per heavy atom. The van der Waals surface area contributed by atoms with E-state index in [4.69, 9.17) is 25.3 Å². The first-order chi connectivity index (χ1) is 11.9. The summed E-state index contributed by atoms with van der Waals surface area (Å²) in [5.41, 5.74) is 2.40. The topological polar surface area (TPSA) is 103 Å². The van der Waals surface area contributed by atoms with E-state index in [-0.39, 0.29) is 33.3 Å². The molecule has 0 bridgehead atoms. The molecule has 143 valence electrons. The summed E-state index contributed by atoms with van der Waals surface area (Å²) in [4.78, 5) is 11.1. The maximum Gasteiger partial charge on any atom is 2.00 e. The third kappa shape index (κ3) is 8.34. The van der Waals surface area contributed by atoms with E-state index in [0.29, 0.717) is 17.1 Å². The molecule has 0 aromatic heterocycles. The van der Waals surface area contributed by atoms with Crippen molar-refractivity contribution in [2.45, 2.75) is 13.8 Å². The number of nitrogens with zero attached hydrogens (tertiary/aromatic N) is 4. The molecule has 0 aliphatic rings. The molecule has 1 aromatic carbocycles. The number of amidine groups is 2. The molecule has 1 rings (SSSR count). The Morgan fingerprint density at radius 2 is 1.38 bits per heavy atom. The molecular formula is C15H19CuN7OS2. The number of nitrogens with one attached hydrogen (secondary N) is 3. The van der Waals surface area contributed by atoms with Gasteiger partial charge in [0.25, 0.3) is 0 Å². The smallest absolute Gasteiger partial charge is 0.741 e. The number of carbonyl (C=O) groups excluding carboxylic acids is 1. The fourth-order valence-electron chi connectivity index (χ4n) is 1.62. The van der Waals surface area contributed by atoms with Gasteiger partial charge in [0.15, 0.2) is 0 Å². The SMILES string of the molecule is CNC([S-])=NN=C(C)C(=NN=C([S-])NC)c1ccc(NC(C)=O)cc1.[Cu+2]. The average molecular weight is 441 g/mol. The largest absolute Gasteiger partial charge is 2.00 e. The van der Waals surface area contributed by atoms with Crippen molar-refractivity contribution in [3.8, 4) is 0 Å². The van der Waals surface area contributed by atoms with Crippen molar-refractivity contribution < 1.29 is 21.9 Å². The first kappa shape index (κ1) is 23.9. The normalized spacial score (nSPS) is 12.9. The van der Waals surface area contributed by atoms with Crippen LogP contribution in [0.4, 0.5) is 5.69 Å². The van der Waals surface area contributed by atoms with Crippen LogP contribution in [0.3, 0.4) is 0 Å². The summed E-state index contributed by atoms with van der Waals surface area (Å²) in [7, 11) is 3.32. The zero-order valence-corrected chi connectivity index (χ0v) is 17.2. The van der Waals surface area contributed by atoms with Gasteiger partial charge in [-0.2, -0.15) is 15.3 Å². The molecule has 0 spiro atoms. The summed E-state index contributed by atoms with van der Waals surface area (Å²) in [5.74, 6) is -0.145. The van der Waals surface area contributed by atoms with Crippen LogP contribution in [0.25, 0.3) is 0 Å². The van der Waals surface area contributed by atoms with Gasteiger partial charge in [0.05, 0.1) is 5.71 Å². The third-order valence-corrected chi connectivity index (χ3v) is 3.35. The predicted molar refractivity (Wildman–Crippen MR) is 108 cm³/mol. The van der Waals surface area contributed by atoms with Crippen LogP contribution in [0.2, 0.25) is 0 Å². The van der Waals surface area contributed by atoms with Gasteiger partial charge in [-0.1, -0.05) is 12.1 Å². The molecule has 26 heavy (non-hydrogen) atoms. The molecule has 0 heterocycles.